The lowest BCUT2D eigenvalue weighted by Gasteiger charge is -2.22. The Morgan fingerprint density at radius 2 is 1.77 bits per heavy atom. The molecule has 3 aromatic rings. The molecule has 0 bridgehead atoms. The summed E-state index contributed by atoms with van der Waals surface area (Å²) >= 11 is 5.70. The first-order chi connectivity index (χ1) is 15.0. The Balaban J connectivity index is 1.53. The van der Waals surface area contributed by atoms with Crippen molar-refractivity contribution < 1.29 is 13.2 Å². The van der Waals surface area contributed by atoms with Gasteiger partial charge in [-0.15, -0.1) is 11.6 Å². The zero-order valence-electron chi connectivity index (χ0n) is 17.3. The molecule has 6 nitrogen and oxygen atoms in total. The maximum Gasteiger partial charge on any atom is 0.248 e. The number of hydrogen-bond acceptors (Lipinski definition) is 4. The van der Waals surface area contributed by atoms with E-state index in [-0.39, 0.29) is 11.3 Å². The van der Waals surface area contributed by atoms with Crippen molar-refractivity contribution in [3.8, 4) is 5.75 Å². The Hall–Kier alpha value is -2.35. The van der Waals surface area contributed by atoms with Crippen LogP contribution in [0.25, 0.3) is 10.9 Å². The third-order valence-corrected chi connectivity index (χ3v) is 7.07. The van der Waals surface area contributed by atoms with Gasteiger partial charge in [0, 0.05) is 35.9 Å². The highest BCUT2D eigenvalue weighted by molar-refractivity contribution is 7.89. The zero-order valence-corrected chi connectivity index (χ0v) is 18.9. The van der Waals surface area contributed by atoms with Gasteiger partial charge in [0.25, 0.3) is 0 Å². The summed E-state index contributed by atoms with van der Waals surface area (Å²) in [5.74, 6) is 1.10. The van der Waals surface area contributed by atoms with Crippen LogP contribution in [0.3, 0.4) is 0 Å². The van der Waals surface area contributed by atoms with E-state index in [4.69, 9.17) is 16.3 Å². The topological polar surface area (TPSA) is 79.5 Å². The number of alkyl halides is 1. The number of nitrogens with zero attached hydrogens (tertiary/aromatic N) is 1. The summed E-state index contributed by atoms with van der Waals surface area (Å²) in [6, 6.07) is 18.3. The number of halogens is 1. The number of sulfonamides is 1. The average Bonchev–Trinajstić information content (AvgIpc) is 2.77. The molecule has 0 aliphatic carbocycles. The molecular formula is C23H27ClN2O4S. The monoisotopic (exact) mass is 462 g/mol. The molecule has 31 heavy (non-hydrogen) atoms. The predicted molar refractivity (Wildman–Crippen MR) is 125 cm³/mol. The van der Waals surface area contributed by atoms with Crippen molar-refractivity contribution in [1.29, 1.82) is 0 Å². The molecule has 0 amide bonds. The van der Waals surface area contributed by atoms with Gasteiger partial charge in [0.15, 0.2) is 0 Å². The first kappa shape index (κ1) is 23.3. The van der Waals surface area contributed by atoms with Gasteiger partial charge in [0.1, 0.15) is 5.75 Å². The summed E-state index contributed by atoms with van der Waals surface area (Å²) in [7, 11) is -3.37. The standard InChI is InChI=1S/C23H27ClN2O4S/c24-13-6-16-31(28,29)26(18-19-7-2-1-3-8-19)14-4-5-15-30-21-10-11-22-20(17-21)9-12-23(27)25-22/h1-3,7-12,17H,4-6,13-16,18H2,(H,25,27). The number of unbranched alkanes of at least 4 members (excludes halogenated alkanes) is 1. The number of aromatic amines is 1. The number of H-pyrrole nitrogens is 1. The van der Waals surface area contributed by atoms with E-state index in [0.29, 0.717) is 38.4 Å². The van der Waals surface area contributed by atoms with Gasteiger partial charge < -0.3 is 9.72 Å². The van der Waals surface area contributed by atoms with Gasteiger partial charge >= 0.3 is 0 Å². The number of ether oxygens (including phenoxy) is 1. The summed E-state index contributed by atoms with van der Waals surface area (Å²) in [6.45, 7) is 1.27. The first-order valence-electron chi connectivity index (χ1n) is 10.3. The molecule has 0 spiro atoms. The second kappa shape index (κ2) is 11.3. The van der Waals surface area contributed by atoms with Crippen LogP contribution in [0.2, 0.25) is 0 Å². The number of hydrogen-bond donors (Lipinski definition) is 1. The molecule has 1 aromatic heterocycles. The van der Waals surface area contributed by atoms with Crippen molar-refractivity contribution in [2.75, 3.05) is 24.8 Å². The molecule has 0 saturated heterocycles. The van der Waals surface area contributed by atoms with Crippen LogP contribution >= 0.6 is 11.6 Å². The van der Waals surface area contributed by atoms with Crippen molar-refractivity contribution in [2.24, 2.45) is 0 Å². The molecule has 0 saturated carbocycles. The van der Waals surface area contributed by atoms with Crippen LogP contribution in [0.1, 0.15) is 24.8 Å². The van der Waals surface area contributed by atoms with Gasteiger partial charge in [-0.2, -0.15) is 4.31 Å². The van der Waals surface area contributed by atoms with E-state index in [2.05, 4.69) is 4.98 Å². The molecule has 0 unspecified atom stereocenters. The van der Waals surface area contributed by atoms with Crippen LogP contribution in [-0.2, 0) is 16.6 Å². The molecule has 0 atom stereocenters. The summed E-state index contributed by atoms with van der Waals surface area (Å²) in [6.07, 6.45) is 1.85. The third kappa shape index (κ3) is 7.09. The normalized spacial score (nSPS) is 11.8. The minimum absolute atomic E-state index is 0.0546. The molecule has 0 radical (unpaired) electrons. The van der Waals surface area contributed by atoms with E-state index in [0.717, 1.165) is 28.6 Å². The van der Waals surface area contributed by atoms with Gasteiger partial charge in [-0.3, -0.25) is 4.79 Å². The lowest BCUT2D eigenvalue weighted by Crippen LogP contribution is -2.33. The summed E-state index contributed by atoms with van der Waals surface area (Å²) in [5, 5.41) is 0.900. The molecule has 166 valence electrons. The molecule has 0 fully saturated rings. The fraction of sp³-hybridized carbons (Fsp3) is 0.348. The van der Waals surface area contributed by atoms with Crippen LogP contribution in [-0.4, -0.2) is 42.5 Å². The van der Waals surface area contributed by atoms with Crippen molar-refractivity contribution in [3.05, 3.63) is 76.6 Å². The molecule has 3 rings (SSSR count). The number of aromatic nitrogens is 1. The van der Waals surface area contributed by atoms with Gasteiger partial charge in [-0.25, -0.2) is 8.42 Å². The van der Waals surface area contributed by atoms with E-state index in [9.17, 15) is 13.2 Å². The van der Waals surface area contributed by atoms with E-state index in [1.54, 1.807) is 10.4 Å². The highest BCUT2D eigenvalue weighted by Crippen LogP contribution is 2.19. The van der Waals surface area contributed by atoms with Crippen molar-refractivity contribution in [2.45, 2.75) is 25.8 Å². The van der Waals surface area contributed by atoms with E-state index in [1.807, 2.05) is 48.5 Å². The quantitative estimate of drug-likeness (QED) is 0.324. The summed E-state index contributed by atoms with van der Waals surface area (Å²) in [5.41, 5.74) is 1.59. The van der Waals surface area contributed by atoms with Gasteiger partial charge in [-0.1, -0.05) is 30.3 Å². The number of benzene rings is 2. The smallest absolute Gasteiger partial charge is 0.248 e. The fourth-order valence-electron chi connectivity index (χ4n) is 3.27. The van der Waals surface area contributed by atoms with Crippen LogP contribution in [0, 0.1) is 0 Å². The van der Waals surface area contributed by atoms with Crippen LogP contribution in [0.15, 0.2) is 65.5 Å². The SMILES string of the molecule is O=c1ccc2cc(OCCCCN(Cc3ccccc3)S(=O)(=O)CCCCl)ccc2[nH]1. The zero-order chi connectivity index (χ0) is 22.1. The third-order valence-electron chi connectivity index (χ3n) is 4.90. The van der Waals surface area contributed by atoms with Crippen molar-refractivity contribution in [3.63, 3.8) is 0 Å². The number of rotatable bonds is 12. The number of fused-ring (bicyclic) bond motifs is 1. The van der Waals surface area contributed by atoms with Crippen LogP contribution in [0.4, 0.5) is 0 Å². The Morgan fingerprint density at radius 1 is 0.968 bits per heavy atom. The molecule has 0 aliphatic rings. The highest BCUT2D eigenvalue weighted by atomic mass is 35.5. The molecule has 8 heteroatoms. The minimum Gasteiger partial charge on any atom is -0.494 e. The Kier molecular flexibility index (Phi) is 8.51. The summed E-state index contributed by atoms with van der Waals surface area (Å²) in [4.78, 5) is 14.1. The lowest BCUT2D eigenvalue weighted by molar-refractivity contribution is 0.296. The predicted octanol–water partition coefficient (Wildman–Crippen LogP) is 4.15. The second-order valence-corrected chi connectivity index (χ2v) is 9.77. The Morgan fingerprint density at radius 3 is 2.55 bits per heavy atom. The van der Waals surface area contributed by atoms with Crippen LogP contribution in [0.5, 0.6) is 5.75 Å². The highest BCUT2D eigenvalue weighted by Gasteiger charge is 2.21. The lowest BCUT2D eigenvalue weighted by atomic mass is 10.2. The maximum atomic E-state index is 12.7. The Labute approximate surface area is 187 Å². The second-order valence-electron chi connectivity index (χ2n) is 7.30. The van der Waals surface area contributed by atoms with E-state index in [1.165, 1.54) is 6.07 Å². The maximum absolute atomic E-state index is 12.7. The first-order valence-corrected chi connectivity index (χ1v) is 12.5. The number of pyridine rings is 1. The largest absolute Gasteiger partial charge is 0.494 e. The number of nitrogens with one attached hydrogen (secondary N) is 1. The van der Waals surface area contributed by atoms with E-state index < -0.39 is 10.0 Å². The molecule has 2 aromatic carbocycles. The Bertz CT molecular complexity index is 1130. The molecule has 1 heterocycles. The van der Waals surface area contributed by atoms with Gasteiger partial charge in [0.2, 0.25) is 15.6 Å². The van der Waals surface area contributed by atoms with E-state index >= 15 is 0 Å². The van der Waals surface area contributed by atoms with Gasteiger partial charge in [0.05, 0.1) is 12.4 Å². The fourth-order valence-corrected chi connectivity index (χ4v) is 5.08. The van der Waals surface area contributed by atoms with Crippen molar-refractivity contribution in [1.82, 2.24) is 9.29 Å². The van der Waals surface area contributed by atoms with Crippen LogP contribution < -0.4 is 10.3 Å². The average molecular weight is 463 g/mol. The molecule has 0 aliphatic heterocycles. The molecular weight excluding hydrogens is 436 g/mol. The van der Waals surface area contributed by atoms with Crippen molar-refractivity contribution >= 4 is 32.5 Å². The minimum atomic E-state index is -3.37. The molecule has 1 N–H and O–H groups in total. The van der Waals surface area contributed by atoms with Gasteiger partial charge in [-0.05, 0) is 49.1 Å². The summed E-state index contributed by atoms with van der Waals surface area (Å²) < 4.78 is 32.8.